The standard InChI is InChI=1S/C50H84N4O36/c1-12(61)51-23-32(70)27(65)16(5-55)80-45(23)86-39-21(10-60)85-50(43(37(39)75)90-48-26(54-15(4)64)35(73)30(68)19(8-58)83-48)88-41-38(76)44(77)79-22(40(41)87-46-24(52-13(2)62)33(71)28(66)17(6-56)81-46)11-78-49-42(36(74)31(69)20(9-59)84-49)89-47-25(53-14(3)63)34(72)29(67)18(7-57)82-47/h16-50,55-60,65-77H,5-11H2,1-4H3,(H,51,61)(H,52,62)(H,53,63)(H,54,64)/t16-,17-,18-,19-,20-,21-,22-,23-,24-,25-,26-,27-,28-,29-,30-,31-,32-,33-,34-,35-,36+,37+,38+,39-,40-,41-,42+,43+,44?,45+,46+,47+,48+,49+,50-/m1/s1. The third kappa shape index (κ3) is 16.4. The molecular weight excluding hydrogens is 1230 g/mol. The van der Waals surface area contributed by atoms with E-state index >= 15 is 0 Å². The zero-order chi connectivity index (χ0) is 66.5. The Kier molecular flexibility index (Phi) is 26.6. The number of aliphatic hydroxyl groups is 19. The number of carbonyl (C=O) groups excluding carboxylic acids is 4. The molecule has 7 saturated heterocycles. The van der Waals surface area contributed by atoms with E-state index < -0.39 is 285 Å². The number of carbonyl (C=O) groups is 4. The van der Waals surface area contributed by atoms with Crippen molar-refractivity contribution in [1.82, 2.24) is 21.3 Å². The van der Waals surface area contributed by atoms with Gasteiger partial charge in [-0.3, -0.25) is 19.2 Å². The highest BCUT2D eigenvalue weighted by Gasteiger charge is 2.60. The topological polar surface area (TPSA) is 621 Å². The van der Waals surface area contributed by atoms with E-state index in [1.807, 2.05) is 0 Å². The third-order valence-electron chi connectivity index (χ3n) is 16.1. The summed E-state index contributed by atoms with van der Waals surface area (Å²) in [6.45, 7) is -3.33. The lowest BCUT2D eigenvalue weighted by atomic mass is 9.94. The van der Waals surface area contributed by atoms with Crippen LogP contribution in [0, 0.1) is 0 Å². The van der Waals surface area contributed by atoms with Gasteiger partial charge in [-0.2, -0.15) is 0 Å². The molecule has 1 unspecified atom stereocenters. The quantitative estimate of drug-likeness (QED) is 0.0452. The van der Waals surface area contributed by atoms with Crippen molar-refractivity contribution in [2.75, 3.05) is 46.2 Å². The Balaban J connectivity index is 1.31. The fourth-order valence-electron chi connectivity index (χ4n) is 11.5. The molecule has 23 N–H and O–H groups in total. The number of ether oxygens (including phenoxy) is 13. The van der Waals surface area contributed by atoms with Crippen LogP contribution in [0.5, 0.6) is 0 Å². The van der Waals surface area contributed by atoms with Crippen LogP contribution in [0.1, 0.15) is 27.7 Å². The molecule has 7 rings (SSSR count). The van der Waals surface area contributed by atoms with Gasteiger partial charge < -0.3 is 180 Å². The minimum Gasteiger partial charge on any atom is -0.394 e. The smallest absolute Gasteiger partial charge is 0.217 e. The van der Waals surface area contributed by atoms with Gasteiger partial charge in [0.2, 0.25) is 23.6 Å². The van der Waals surface area contributed by atoms with Gasteiger partial charge in [0, 0.05) is 27.7 Å². The number of rotatable bonds is 23. The number of hydrogen-bond donors (Lipinski definition) is 23. The van der Waals surface area contributed by atoms with Crippen LogP contribution < -0.4 is 21.3 Å². The lowest BCUT2D eigenvalue weighted by Crippen LogP contribution is -2.71. The summed E-state index contributed by atoms with van der Waals surface area (Å²) < 4.78 is 78.0. The fraction of sp³-hybridized carbons (Fsp3) is 0.920. The summed E-state index contributed by atoms with van der Waals surface area (Å²) in [5.41, 5.74) is 0. The van der Waals surface area contributed by atoms with Crippen LogP contribution >= 0.6 is 0 Å². The fourth-order valence-corrected chi connectivity index (χ4v) is 11.5. The van der Waals surface area contributed by atoms with Crippen molar-refractivity contribution in [3.8, 4) is 0 Å². The maximum absolute atomic E-state index is 12.7. The SMILES string of the molecule is CC(=O)N[C@H]1[C@H](O[C@@H]2[C@@H](O[C@H]3[C@H](O[C@@H]4O[C@H](CO)[C@@H](O)[C@H](O)[C@H]4NC(C)=O)[C@@H](CO[C@H]4O[C@H](CO)[C@@H](O)[C@H](O)[C@@H]4O[C@@H]4O[C@H](CO)[C@@H](O)[C@H](O)[C@H]4NC(C)=O)OC(O)[C@H]3O)O[C@H](CO)[C@@H](O[C@@H]3O[C@H](CO)[C@@H](O)[C@H](O)[C@H]3NC(C)=O)[C@@H]2O)O[C@H](CO)[C@@H](O)[C@@H]1O. The van der Waals surface area contributed by atoms with E-state index in [1.165, 1.54) is 0 Å². The van der Waals surface area contributed by atoms with Crippen molar-refractivity contribution < 1.29 is 178 Å². The van der Waals surface area contributed by atoms with E-state index in [0.717, 1.165) is 27.7 Å². The Morgan fingerprint density at radius 2 is 0.567 bits per heavy atom. The number of aliphatic hydroxyl groups excluding tert-OH is 19. The first-order valence-electron chi connectivity index (χ1n) is 28.6. The zero-order valence-electron chi connectivity index (χ0n) is 48.6. The highest BCUT2D eigenvalue weighted by Crippen LogP contribution is 2.39. The van der Waals surface area contributed by atoms with Crippen molar-refractivity contribution in [3.05, 3.63) is 0 Å². The Bertz CT molecular complexity index is 2310. The molecule has 520 valence electrons. The van der Waals surface area contributed by atoms with E-state index in [2.05, 4.69) is 21.3 Å². The largest absolute Gasteiger partial charge is 0.394 e. The second kappa shape index (κ2) is 32.4. The Hall–Kier alpha value is -3.40. The van der Waals surface area contributed by atoms with Gasteiger partial charge >= 0.3 is 0 Å². The molecule has 0 aromatic rings. The van der Waals surface area contributed by atoms with Gasteiger partial charge in [0.05, 0.1) is 46.2 Å². The summed E-state index contributed by atoms with van der Waals surface area (Å²) in [6.07, 6.45) is -63.0. The van der Waals surface area contributed by atoms with Gasteiger partial charge in [0.1, 0.15) is 171 Å². The molecular formula is C50H84N4O36. The first-order chi connectivity index (χ1) is 42.5. The molecule has 7 aliphatic heterocycles. The lowest BCUT2D eigenvalue weighted by molar-refractivity contribution is -0.404. The van der Waals surface area contributed by atoms with Crippen molar-refractivity contribution >= 4 is 23.6 Å². The minimum absolute atomic E-state index is 0.811. The van der Waals surface area contributed by atoms with Crippen LogP contribution in [-0.2, 0) is 80.8 Å². The van der Waals surface area contributed by atoms with Crippen LogP contribution in [0.4, 0.5) is 0 Å². The van der Waals surface area contributed by atoms with Crippen molar-refractivity contribution in [1.29, 1.82) is 0 Å². The molecule has 7 aliphatic rings. The minimum atomic E-state index is -2.48. The van der Waals surface area contributed by atoms with E-state index in [1.54, 1.807) is 0 Å². The molecule has 40 nitrogen and oxygen atoms in total. The van der Waals surface area contributed by atoms with Crippen molar-refractivity contribution in [3.63, 3.8) is 0 Å². The molecule has 0 aromatic heterocycles. The van der Waals surface area contributed by atoms with Gasteiger partial charge in [0.15, 0.2) is 44.0 Å². The second-order valence-corrected chi connectivity index (χ2v) is 22.5. The molecule has 0 spiro atoms. The van der Waals surface area contributed by atoms with Gasteiger partial charge in [-0.05, 0) is 0 Å². The first kappa shape index (κ1) is 74.0. The highest BCUT2D eigenvalue weighted by molar-refractivity contribution is 5.74. The van der Waals surface area contributed by atoms with Crippen LogP contribution in [-0.4, -0.2) is 382 Å². The molecule has 40 heteroatoms. The molecule has 35 atom stereocenters. The number of hydrogen-bond acceptors (Lipinski definition) is 36. The number of nitrogens with one attached hydrogen (secondary N) is 4. The molecule has 90 heavy (non-hydrogen) atoms. The summed E-state index contributed by atoms with van der Waals surface area (Å²) in [7, 11) is 0. The molecule has 4 amide bonds. The van der Waals surface area contributed by atoms with Gasteiger partial charge in [-0.15, -0.1) is 0 Å². The summed E-state index contributed by atoms with van der Waals surface area (Å²) in [5.74, 6) is -3.41. The maximum atomic E-state index is 12.7. The average molecular weight is 1320 g/mol. The molecule has 0 saturated carbocycles. The van der Waals surface area contributed by atoms with E-state index in [4.69, 9.17) is 61.6 Å². The Morgan fingerprint density at radius 3 is 0.900 bits per heavy atom. The Labute approximate surface area is 510 Å². The lowest BCUT2D eigenvalue weighted by Gasteiger charge is -2.52. The second-order valence-electron chi connectivity index (χ2n) is 22.5. The molecule has 0 aliphatic carbocycles. The van der Waals surface area contributed by atoms with Crippen LogP contribution in [0.2, 0.25) is 0 Å². The van der Waals surface area contributed by atoms with E-state index in [-0.39, 0.29) is 0 Å². The van der Waals surface area contributed by atoms with Gasteiger partial charge in [-0.1, -0.05) is 0 Å². The molecule has 0 aromatic carbocycles. The van der Waals surface area contributed by atoms with Crippen molar-refractivity contribution in [2.24, 2.45) is 0 Å². The predicted octanol–water partition coefficient (Wildman–Crippen LogP) is -15.7. The highest BCUT2D eigenvalue weighted by atomic mass is 16.8. The summed E-state index contributed by atoms with van der Waals surface area (Å²) in [4.78, 5) is 50.0. The third-order valence-corrected chi connectivity index (χ3v) is 16.1. The van der Waals surface area contributed by atoms with Crippen LogP contribution in [0.15, 0.2) is 0 Å². The molecule has 0 bridgehead atoms. The van der Waals surface area contributed by atoms with Crippen LogP contribution in [0.25, 0.3) is 0 Å². The zero-order valence-corrected chi connectivity index (χ0v) is 48.6. The summed E-state index contributed by atoms with van der Waals surface area (Å²) in [6, 6.07) is -7.06. The van der Waals surface area contributed by atoms with Crippen molar-refractivity contribution in [2.45, 2.75) is 242 Å². The first-order valence-corrected chi connectivity index (χ1v) is 28.6. The normalized spacial score (nSPS) is 47.6. The van der Waals surface area contributed by atoms with E-state index in [0.29, 0.717) is 0 Å². The Morgan fingerprint density at radius 1 is 0.289 bits per heavy atom. The van der Waals surface area contributed by atoms with Gasteiger partial charge in [0.25, 0.3) is 0 Å². The maximum Gasteiger partial charge on any atom is 0.217 e. The summed E-state index contributed by atoms with van der Waals surface area (Å²) >= 11 is 0. The van der Waals surface area contributed by atoms with E-state index in [9.17, 15) is 116 Å². The molecule has 0 radical (unpaired) electrons. The average Bonchev–Trinajstić information content (AvgIpc) is 0.807. The van der Waals surface area contributed by atoms with Crippen LogP contribution in [0.3, 0.4) is 0 Å². The predicted molar refractivity (Wildman–Crippen MR) is 278 cm³/mol. The summed E-state index contributed by atoms with van der Waals surface area (Å²) in [5, 5.41) is 218. The monoisotopic (exact) mass is 1320 g/mol. The molecule has 7 heterocycles. The number of amides is 4. The van der Waals surface area contributed by atoms with Gasteiger partial charge in [-0.25, -0.2) is 0 Å². The molecule has 7 fully saturated rings.